The van der Waals surface area contributed by atoms with Gasteiger partial charge in [-0.2, -0.15) is 0 Å². The number of carbonyl (C=O) groups excluding carboxylic acids is 2. The molecule has 0 amide bonds. The van der Waals surface area contributed by atoms with Gasteiger partial charge in [-0.25, -0.2) is 17.9 Å². The zero-order valence-corrected chi connectivity index (χ0v) is 17.0. The number of hydrogen-bond donors (Lipinski definition) is 1. The summed E-state index contributed by atoms with van der Waals surface area (Å²) in [5.41, 5.74) is 5.04. The Balaban J connectivity index is 1.48. The predicted octanol–water partition coefficient (Wildman–Crippen LogP) is 3.21. The molecule has 30 heavy (non-hydrogen) atoms. The van der Waals surface area contributed by atoms with E-state index < -0.39 is 22.6 Å². The van der Waals surface area contributed by atoms with Crippen LogP contribution in [-0.4, -0.2) is 33.8 Å². The first kappa shape index (κ1) is 20.0. The Kier molecular flexibility index (Phi) is 5.24. The van der Waals surface area contributed by atoms with Gasteiger partial charge < -0.3 is 4.74 Å². The Morgan fingerprint density at radius 1 is 0.900 bits per heavy atom. The maximum Gasteiger partial charge on any atom is 0.338 e. The van der Waals surface area contributed by atoms with Gasteiger partial charge in [-0.3, -0.25) is 4.79 Å². The van der Waals surface area contributed by atoms with E-state index in [2.05, 4.69) is 10.8 Å². The van der Waals surface area contributed by atoms with Crippen molar-refractivity contribution in [3.05, 3.63) is 89.0 Å². The second kappa shape index (κ2) is 7.85. The molecular formula is C23H19NO5S. The molecule has 0 spiro atoms. The smallest absolute Gasteiger partial charge is 0.338 e. The fourth-order valence-electron chi connectivity index (χ4n) is 3.50. The molecule has 0 atom stereocenters. The molecule has 4 rings (SSSR count). The lowest BCUT2D eigenvalue weighted by Gasteiger charge is -2.08. The summed E-state index contributed by atoms with van der Waals surface area (Å²) in [4.78, 5) is 24.8. The Bertz CT molecular complexity index is 1260. The molecule has 0 unspecified atom stereocenters. The maximum atomic E-state index is 12.6. The average molecular weight is 421 g/mol. The topological polar surface area (TPSA) is 89.5 Å². The monoisotopic (exact) mass is 421 g/mol. The molecular weight excluding hydrogens is 402 g/mol. The summed E-state index contributed by atoms with van der Waals surface area (Å²) in [6.45, 7) is -0.428. The van der Waals surface area contributed by atoms with E-state index in [9.17, 15) is 18.0 Å². The molecule has 1 aliphatic carbocycles. The van der Waals surface area contributed by atoms with Gasteiger partial charge in [0.2, 0.25) is 10.0 Å². The third kappa shape index (κ3) is 3.77. The van der Waals surface area contributed by atoms with E-state index in [1.165, 1.54) is 36.9 Å². The Morgan fingerprint density at radius 2 is 1.67 bits per heavy atom. The van der Waals surface area contributed by atoms with Gasteiger partial charge in [0.05, 0.1) is 10.5 Å². The number of ether oxygens (including phenoxy) is 1. The lowest BCUT2D eigenvalue weighted by Crippen LogP contribution is -2.19. The summed E-state index contributed by atoms with van der Waals surface area (Å²) in [5.74, 6) is -1.09. The number of carbonyl (C=O) groups is 2. The van der Waals surface area contributed by atoms with Crippen molar-refractivity contribution in [1.29, 1.82) is 0 Å². The van der Waals surface area contributed by atoms with Crippen molar-refractivity contribution in [3.8, 4) is 11.1 Å². The third-order valence-corrected chi connectivity index (χ3v) is 6.52. The molecule has 0 saturated carbocycles. The van der Waals surface area contributed by atoms with E-state index in [0.717, 1.165) is 23.1 Å². The van der Waals surface area contributed by atoms with Crippen LogP contribution in [0, 0.1) is 0 Å². The number of rotatable bonds is 6. The maximum absolute atomic E-state index is 12.6. The van der Waals surface area contributed by atoms with Gasteiger partial charge in [0.25, 0.3) is 0 Å². The minimum atomic E-state index is -3.68. The second-order valence-electron chi connectivity index (χ2n) is 6.94. The van der Waals surface area contributed by atoms with Crippen molar-refractivity contribution >= 4 is 21.8 Å². The fourth-order valence-corrected chi connectivity index (χ4v) is 4.28. The molecule has 0 heterocycles. The van der Waals surface area contributed by atoms with Crippen LogP contribution in [0.3, 0.4) is 0 Å². The molecule has 0 saturated heterocycles. The van der Waals surface area contributed by atoms with Crippen LogP contribution < -0.4 is 4.72 Å². The van der Waals surface area contributed by atoms with Crippen molar-refractivity contribution < 1.29 is 22.7 Å². The number of sulfonamides is 1. The minimum absolute atomic E-state index is 0.0527. The van der Waals surface area contributed by atoms with E-state index in [4.69, 9.17) is 4.74 Å². The number of ketones is 1. The van der Waals surface area contributed by atoms with Crippen LogP contribution in [0.25, 0.3) is 11.1 Å². The molecule has 0 aromatic heterocycles. The standard InChI is InChI=1S/C23H19NO5S/c1-24-30(27,28)19-7-4-6-18(12-19)23(26)29-14-22(25)17-10-9-16-11-15-5-2-3-8-20(15)21(16)13-17/h2-10,12-13,24H,11,14H2,1H3. The zero-order valence-electron chi connectivity index (χ0n) is 16.2. The summed E-state index contributed by atoms with van der Waals surface area (Å²) in [6.07, 6.45) is 0.834. The number of Topliss-reactive ketones (excluding diaryl/α,β-unsaturated/α-hetero) is 1. The summed E-state index contributed by atoms with van der Waals surface area (Å²) in [6, 6.07) is 19.0. The average Bonchev–Trinajstić information content (AvgIpc) is 3.15. The van der Waals surface area contributed by atoms with Gasteiger partial charge >= 0.3 is 5.97 Å². The van der Waals surface area contributed by atoms with Gasteiger partial charge in [-0.15, -0.1) is 0 Å². The largest absolute Gasteiger partial charge is 0.454 e. The van der Waals surface area contributed by atoms with Gasteiger partial charge in [-0.05, 0) is 60.0 Å². The van der Waals surface area contributed by atoms with Gasteiger partial charge in [0.15, 0.2) is 12.4 Å². The Hall–Kier alpha value is -3.29. The first-order valence-corrected chi connectivity index (χ1v) is 10.8. The van der Waals surface area contributed by atoms with Gasteiger partial charge in [0.1, 0.15) is 0 Å². The number of benzene rings is 3. The molecule has 0 bridgehead atoms. The Morgan fingerprint density at radius 3 is 2.47 bits per heavy atom. The van der Waals surface area contributed by atoms with Crippen molar-refractivity contribution in [3.63, 3.8) is 0 Å². The van der Waals surface area contributed by atoms with E-state index in [-0.39, 0.29) is 16.2 Å². The second-order valence-corrected chi connectivity index (χ2v) is 8.83. The normalized spacial score (nSPS) is 12.2. The minimum Gasteiger partial charge on any atom is -0.454 e. The van der Waals surface area contributed by atoms with Crippen molar-refractivity contribution in [2.24, 2.45) is 0 Å². The number of esters is 1. The highest BCUT2D eigenvalue weighted by Gasteiger charge is 2.20. The lowest BCUT2D eigenvalue weighted by molar-refractivity contribution is 0.0474. The summed E-state index contributed by atoms with van der Waals surface area (Å²) in [5, 5.41) is 0. The highest BCUT2D eigenvalue weighted by molar-refractivity contribution is 7.89. The molecule has 1 N–H and O–H groups in total. The first-order chi connectivity index (χ1) is 14.4. The number of hydrogen-bond acceptors (Lipinski definition) is 5. The molecule has 1 aliphatic rings. The molecule has 0 aliphatic heterocycles. The highest BCUT2D eigenvalue weighted by Crippen LogP contribution is 2.36. The van der Waals surface area contributed by atoms with Crippen LogP contribution in [0.5, 0.6) is 0 Å². The predicted molar refractivity (Wildman–Crippen MR) is 112 cm³/mol. The van der Waals surface area contributed by atoms with Crippen molar-refractivity contribution in [2.45, 2.75) is 11.3 Å². The molecule has 0 fully saturated rings. The summed E-state index contributed by atoms with van der Waals surface area (Å²) in [7, 11) is -2.40. The van der Waals surface area contributed by atoms with Crippen molar-refractivity contribution in [2.75, 3.05) is 13.7 Å². The fraction of sp³-hybridized carbons (Fsp3) is 0.130. The SMILES string of the molecule is CNS(=O)(=O)c1cccc(C(=O)OCC(=O)c2ccc3c(c2)-c2ccccc2C3)c1. The third-order valence-electron chi connectivity index (χ3n) is 5.10. The van der Waals surface area contributed by atoms with Crippen LogP contribution in [0.1, 0.15) is 31.8 Å². The molecule has 6 nitrogen and oxygen atoms in total. The van der Waals surface area contributed by atoms with Crippen LogP contribution in [0.15, 0.2) is 71.6 Å². The van der Waals surface area contributed by atoms with Crippen LogP contribution >= 0.6 is 0 Å². The summed E-state index contributed by atoms with van der Waals surface area (Å²) >= 11 is 0. The van der Waals surface area contributed by atoms with E-state index in [1.54, 1.807) is 6.07 Å². The first-order valence-electron chi connectivity index (χ1n) is 9.34. The highest BCUT2D eigenvalue weighted by atomic mass is 32.2. The van der Waals surface area contributed by atoms with E-state index in [0.29, 0.717) is 5.56 Å². The molecule has 3 aromatic rings. The quantitative estimate of drug-likeness (QED) is 0.381. The van der Waals surface area contributed by atoms with Crippen LogP contribution in [0.2, 0.25) is 0 Å². The number of nitrogens with one attached hydrogen (secondary N) is 1. The van der Waals surface area contributed by atoms with E-state index in [1.807, 2.05) is 30.3 Å². The molecule has 152 valence electrons. The molecule has 3 aromatic carbocycles. The van der Waals surface area contributed by atoms with Gasteiger partial charge in [0, 0.05) is 5.56 Å². The summed E-state index contributed by atoms with van der Waals surface area (Å²) < 4.78 is 31.1. The van der Waals surface area contributed by atoms with E-state index >= 15 is 0 Å². The van der Waals surface area contributed by atoms with Crippen LogP contribution in [0.4, 0.5) is 0 Å². The zero-order chi connectivity index (χ0) is 21.3. The van der Waals surface area contributed by atoms with Crippen molar-refractivity contribution in [1.82, 2.24) is 4.72 Å². The molecule has 7 heteroatoms. The molecule has 0 radical (unpaired) electrons. The Labute approximate surface area is 174 Å². The number of fused-ring (bicyclic) bond motifs is 3. The lowest BCUT2D eigenvalue weighted by atomic mass is 10.0. The van der Waals surface area contributed by atoms with Gasteiger partial charge in [-0.1, -0.05) is 42.5 Å². The van der Waals surface area contributed by atoms with Crippen LogP contribution in [-0.2, 0) is 21.2 Å².